The summed E-state index contributed by atoms with van der Waals surface area (Å²) in [5.41, 5.74) is 2.94. The summed E-state index contributed by atoms with van der Waals surface area (Å²) in [5.74, 6) is -0.676. The summed E-state index contributed by atoms with van der Waals surface area (Å²) in [5, 5.41) is 5.48. The van der Waals surface area contributed by atoms with Crippen LogP contribution >= 0.6 is 0 Å². The molecule has 0 spiro atoms. The van der Waals surface area contributed by atoms with E-state index in [1.54, 1.807) is 30.3 Å². The van der Waals surface area contributed by atoms with Gasteiger partial charge in [0.25, 0.3) is 5.91 Å². The molecule has 36 heavy (non-hydrogen) atoms. The predicted molar refractivity (Wildman–Crippen MR) is 134 cm³/mol. The zero-order valence-electron chi connectivity index (χ0n) is 20.1. The zero-order valence-corrected chi connectivity index (χ0v) is 20.1. The van der Waals surface area contributed by atoms with Crippen molar-refractivity contribution in [2.24, 2.45) is 0 Å². The van der Waals surface area contributed by atoms with E-state index in [-0.39, 0.29) is 24.8 Å². The molecule has 0 saturated carbocycles. The summed E-state index contributed by atoms with van der Waals surface area (Å²) < 4.78 is 10.5. The summed E-state index contributed by atoms with van der Waals surface area (Å²) >= 11 is 0. The van der Waals surface area contributed by atoms with E-state index in [4.69, 9.17) is 8.83 Å². The van der Waals surface area contributed by atoms with E-state index in [1.807, 2.05) is 50.2 Å². The minimum absolute atomic E-state index is 0.0943. The molecule has 0 unspecified atom stereocenters. The monoisotopic (exact) mass is 485 g/mol. The molecule has 4 aromatic rings. The highest BCUT2D eigenvalue weighted by atomic mass is 16.3. The Bertz CT molecular complexity index is 1310. The third-order valence-corrected chi connectivity index (χ3v) is 5.68. The number of anilines is 1. The molecule has 0 aliphatic carbocycles. The first-order valence-corrected chi connectivity index (χ1v) is 11.5. The molecule has 2 N–H and O–H groups in total. The Morgan fingerprint density at radius 2 is 1.61 bits per heavy atom. The van der Waals surface area contributed by atoms with Crippen LogP contribution in [0, 0.1) is 13.8 Å². The normalized spacial score (nSPS) is 11.5. The molecule has 184 valence electrons. The minimum atomic E-state index is -0.991. The van der Waals surface area contributed by atoms with Gasteiger partial charge >= 0.3 is 0 Å². The standard InChI is InChI=1S/C28H27N3O5/c1-19-12-13-20(2)23(16-19)31(25(32)18-30-27(33)24-11-7-15-36-24)26(21-8-4-3-5-9-21)28(34)29-17-22-10-6-14-35-22/h3-16,26H,17-18H2,1-2H3,(H,29,34)(H,30,33)/t26-/m1/s1. The molecule has 8 nitrogen and oxygen atoms in total. The van der Waals surface area contributed by atoms with Gasteiger partial charge in [-0.2, -0.15) is 0 Å². The van der Waals surface area contributed by atoms with Crippen LogP contribution in [0.5, 0.6) is 0 Å². The maximum Gasteiger partial charge on any atom is 0.287 e. The number of aryl methyl sites for hydroxylation is 2. The van der Waals surface area contributed by atoms with Gasteiger partial charge in [0, 0.05) is 5.69 Å². The molecule has 0 radical (unpaired) electrons. The number of nitrogens with one attached hydrogen (secondary N) is 2. The van der Waals surface area contributed by atoms with E-state index >= 15 is 0 Å². The van der Waals surface area contributed by atoms with Gasteiger partial charge in [-0.15, -0.1) is 0 Å². The number of amides is 3. The van der Waals surface area contributed by atoms with Crippen LogP contribution in [0.3, 0.4) is 0 Å². The van der Waals surface area contributed by atoms with E-state index < -0.39 is 17.9 Å². The maximum absolute atomic E-state index is 13.7. The number of carbonyl (C=O) groups excluding carboxylic acids is 3. The van der Waals surface area contributed by atoms with Crippen molar-refractivity contribution in [2.75, 3.05) is 11.4 Å². The molecule has 0 saturated heterocycles. The Morgan fingerprint density at radius 1 is 0.861 bits per heavy atom. The van der Waals surface area contributed by atoms with Gasteiger partial charge in [-0.3, -0.25) is 19.3 Å². The largest absolute Gasteiger partial charge is 0.467 e. The van der Waals surface area contributed by atoms with Gasteiger partial charge in [0.1, 0.15) is 11.8 Å². The van der Waals surface area contributed by atoms with Gasteiger partial charge in [0.05, 0.1) is 25.6 Å². The Morgan fingerprint density at radius 3 is 2.31 bits per heavy atom. The van der Waals surface area contributed by atoms with E-state index in [9.17, 15) is 14.4 Å². The molecule has 1 atom stereocenters. The van der Waals surface area contributed by atoms with Crippen molar-refractivity contribution < 1.29 is 23.2 Å². The van der Waals surface area contributed by atoms with E-state index in [1.165, 1.54) is 23.5 Å². The van der Waals surface area contributed by atoms with Crippen LogP contribution in [0.4, 0.5) is 5.69 Å². The molecule has 3 amide bonds. The topological polar surface area (TPSA) is 105 Å². The molecule has 4 rings (SSSR count). The van der Waals surface area contributed by atoms with E-state index in [2.05, 4.69) is 10.6 Å². The molecular formula is C28H27N3O5. The van der Waals surface area contributed by atoms with Crippen LogP contribution in [-0.2, 0) is 16.1 Å². The van der Waals surface area contributed by atoms with Crippen LogP contribution in [-0.4, -0.2) is 24.3 Å². The van der Waals surface area contributed by atoms with Crippen molar-refractivity contribution in [3.8, 4) is 0 Å². The van der Waals surface area contributed by atoms with Gasteiger partial charge in [-0.1, -0.05) is 42.5 Å². The van der Waals surface area contributed by atoms with Crippen molar-refractivity contribution in [1.82, 2.24) is 10.6 Å². The van der Waals surface area contributed by atoms with Gasteiger partial charge in [0.15, 0.2) is 5.76 Å². The molecule has 0 aliphatic heterocycles. The molecular weight excluding hydrogens is 458 g/mol. The molecule has 0 bridgehead atoms. The number of hydrogen-bond donors (Lipinski definition) is 2. The van der Waals surface area contributed by atoms with Crippen LogP contribution < -0.4 is 15.5 Å². The van der Waals surface area contributed by atoms with Crippen molar-refractivity contribution >= 4 is 23.4 Å². The summed E-state index contributed by atoms with van der Waals surface area (Å²) in [6.45, 7) is 3.62. The molecule has 2 heterocycles. The highest BCUT2D eigenvalue weighted by molar-refractivity contribution is 6.04. The molecule has 8 heteroatoms. The lowest BCUT2D eigenvalue weighted by molar-refractivity contribution is -0.126. The SMILES string of the molecule is Cc1ccc(C)c(N(C(=O)CNC(=O)c2ccco2)[C@@H](C(=O)NCc2ccco2)c2ccccc2)c1. The number of furan rings is 2. The third kappa shape index (κ3) is 5.72. The van der Waals surface area contributed by atoms with Gasteiger partial charge < -0.3 is 19.5 Å². The van der Waals surface area contributed by atoms with Gasteiger partial charge in [-0.05, 0) is 60.9 Å². The van der Waals surface area contributed by atoms with Crippen molar-refractivity contribution in [3.05, 3.63) is 114 Å². The molecule has 0 fully saturated rings. The smallest absolute Gasteiger partial charge is 0.287 e. The number of hydrogen-bond acceptors (Lipinski definition) is 5. The summed E-state index contributed by atoms with van der Waals surface area (Å²) in [4.78, 5) is 41.2. The number of nitrogens with zero attached hydrogens (tertiary/aromatic N) is 1. The summed E-state index contributed by atoms with van der Waals surface area (Å²) in [6.07, 6.45) is 2.91. The van der Waals surface area contributed by atoms with Crippen LogP contribution in [0.2, 0.25) is 0 Å². The van der Waals surface area contributed by atoms with E-state index in [0.29, 0.717) is 17.0 Å². The lowest BCUT2D eigenvalue weighted by Crippen LogP contribution is -2.47. The van der Waals surface area contributed by atoms with Crippen molar-refractivity contribution in [2.45, 2.75) is 26.4 Å². The maximum atomic E-state index is 13.7. The molecule has 2 aromatic carbocycles. The van der Waals surface area contributed by atoms with Gasteiger partial charge in [-0.25, -0.2) is 0 Å². The summed E-state index contributed by atoms with van der Waals surface area (Å²) in [7, 11) is 0. The number of carbonyl (C=O) groups is 3. The summed E-state index contributed by atoms with van der Waals surface area (Å²) in [6, 6.07) is 20.4. The average molecular weight is 486 g/mol. The first kappa shape index (κ1) is 24.5. The van der Waals surface area contributed by atoms with Crippen LogP contribution in [0.25, 0.3) is 0 Å². The van der Waals surface area contributed by atoms with Crippen molar-refractivity contribution in [1.29, 1.82) is 0 Å². The second-order valence-corrected chi connectivity index (χ2v) is 8.32. The van der Waals surface area contributed by atoms with Crippen LogP contribution in [0.1, 0.15) is 39.0 Å². The second-order valence-electron chi connectivity index (χ2n) is 8.32. The first-order chi connectivity index (χ1) is 17.4. The third-order valence-electron chi connectivity index (χ3n) is 5.68. The zero-order chi connectivity index (χ0) is 25.5. The fourth-order valence-electron chi connectivity index (χ4n) is 3.87. The fourth-order valence-corrected chi connectivity index (χ4v) is 3.87. The predicted octanol–water partition coefficient (Wildman–Crippen LogP) is 4.31. The highest BCUT2D eigenvalue weighted by Crippen LogP contribution is 2.31. The molecule has 2 aromatic heterocycles. The number of benzene rings is 2. The Balaban J connectivity index is 1.70. The van der Waals surface area contributed by atoms with Crippen LogP contribution in [0.15, 0.2) is 94.2 Å². The van der Waals surface area contributed by atoms with E-state index in [0.717, 1.165) is 11.1 Å². The Labute approximate surface area is 208 Å². The first-order valence-electron chi connectivity index (χ1n) is 11.5. The Kier molecular flexibility index (Phi) is 7.65. The lowest BCUT2D eigenvalue weighted by atomic mass is 10.0. The highest BCUT2D eigenvalue weighted by Gasteiger charge is 2.33. The quantitative estimate of drug-likeness (QED) is 0.368. The average Bonchev–Trinajstić information content (AvgIpc) is 3.61. The Hall–Kier alpha value is -4.59. The van der Waals surface area contributed by atoms with Gasteiger partial charge in [0.2, 0.25) is 11.8 Å². The number of rotatable bonds is 9. The minimum Gasteiger partial charge on any atom is -0.467 e. The van der Waals surface area contributed by atoms with Crippen molar-refractivity contribution in [3.63, 3.8) is 0 Å². The fraction of sp³-hybridized carbons (Fsp3) is 0.179. The lowest BCUT2D eigenvalue weighted by Gasteiger charge is -2.33. The second kappa shape index (κ2) is 11.2. The molecule has 0 aliphatic rings.